The van der Waals surface area contributed by atoms with Crippen LogP contribution in [0.5, 0.6) is 0 Å². The fraction of sp³-hybridized carbons (Fsp3) is 0.269. The summed E-state index contributed by atoms with van der Waals surface area (Å²) >= 11 is 0. The lowest BCUT2D eigenvalue weighted by atomic mass is 9.93. The Morgan fingerprint density at radius 2 is 1.72 bits per heavy atom. The molecule has 1 saturated heterocycles. The molecule has 1 N–H and O–H groups in total. The number of nitrogens with one attached hydrogen (secondary N) is 1. The first-order valence-corrected chi connectivity index (χ1v) is 12.5. The molecule has 4 rings (SSSR count). The van der Waals surface area contributed by atoms with Crippen molar-refractivity contribution in [3.63, 3.8) is 0 Å². The van der Waals surface area contributed by atoms with Crippen LogP contribution >= 0.6 is 0 Å². The fourth-order valence-electron chi connectivity index (χ4n) is 4.23. The topological polar surface area (TPSA) is 66.5 Å². The number of nitrogens with zero attached hydrogens (tertiary/aromatic N) is 1. The Bertz CT molecular complexity index is 1220. The predicted octanol–water partition coefficient (Wildman–Crippen LogP) is 4.75. The van der Waals surface area contributed by atoms with E-state index in [1.54, 1.807) is 24.3 Å². The molecule has 3 aromatic carbocycles. The Morgan fingerprint density at radius 3 is 2.44 bits per heavy atom. The largest absolute Gasteiger partial charge is 0.341 e. The second kappa shape index (κ2) is 9.17. The molecule has 166 valence electrons. The lowest BCUT2D eigenvalue weighted by Gasteiger charge is -2.28. The number of rotatable bonds is 5. The molecule has 1 aliphatic heterocycles. The first-order chi connectivity index (χ1) is 15.3. The van der Waals surface area contributed by atoms with E-state index < -0.39 is 10.0 Å². The number of benzene rings is 3. The zero-order valence-corrected chi connectivity index (χ0v) is 19.2. The highest BCUT2D eigenvalue weighted by atomic mass is 32.2. The van der Waals surface area contributed by atoms with Gasteiger partial charge in [0.1, 0.15) is 0 Å². The Morgan fingerprint density at radius 1 is 0.938 bits per heavy atom. The molecule has 0 bridgehead atoms. The van der Waals surface area contributed by atoms with Crippen LogP contribution in [0.2, 0.25) is 0 Å². The van der Waals surface area contributed by atoms with E-state index in [0.29, 0.717) is 24.2 Å². The van der Waals surface area contributed by atoms with Gasteiger partial charge in [0.2, 0.25) is 10.0 Å². The standard InChI is InChI=1S/C26H28N2O3S/c1-19-13-14-24(20(2)17-19)25(21-9-4-3-5-10-21)27-26(29)22-11-8-12-23(18-22)28-15-6-7-16-32(28,30)31/h3-5,8-14,17-18,25H,6-7,15-16H2,1-2H3,(H,27,29)/t25-/m1/s1. The number of sulfonamides is 1. The highest BCUT2D eigenvalue weighted by Gasteiger charge is 2.27. The number of aryl methyl sites for hydroxylation is 2. The van der Waals surface area contributed by atoms with Gasteiger partial charge in [-0.05, 0) is 61.6 Å². The van der Waals surface area contributed by atoms with Gasteiger partial charge in [-0.3, -0.25) is 9.10 Å². The summed E-state index contributed by atoms with van der Waals surface area (Å²) in [6, 6.07) is 22.6. The lowest BCUT2D eigenvalue weighted by Crippen LogP contribution is -2.38. The third-order valence-corrected chi connectivity index (χ3v) is 7.76. The molecule has 1 heterocycles. The molecule has 1 amide bonds. The minimum absolute atomic E-state index is 0.145. The number of hydrogen-bond donors (Lipinski definition) is 1. The van der Waals surface area contributed by atoms with Crippen molar-refractivity contribution in [1.29, 1.82) is 0 Å². The maximum Gasteiger partial charge on any atom is 0.252 e. The van der Waals surface area contributed by atoms with Crippen molar-refractivity contribution in [2.75, 3.05) is 16.6 Å². The van der Waals surface area contributed by atoms with E-state index >= 15 is 0 Å². The molecular weight excluding hydrogens is 420 g/mol. The van der Waals surface area contributed by atoms with Crippen molar-refractivity contribution in [2.45, 2.75) is 32.7 Å². The van der Waals surface area contributed by atoms with E-state index in [1.165, 1.54) is 9.87 Å². The number of hydrogen-bond acceptors (Lipinski definition) is 3. The van der Waals surface area contributed by atoms with Crippen LogP contribution in [0.1, 0.15) is 51.5 Å². The van der Waals surface area contributed by atoms with E-state index in [1.807, 2.05) is 50.2 Å². The SMILES string of the molecule is Cc1ccc([C@H](NC(=O)c2cccc(N3CCCCS3(=O)=O)c2)c2ccccc2)c(C)c1. The molecule has 1 atom stereocenters. The molecule has 5 nitrogen and oxygen atoms in total. The van der Waals surface area contributed by atoms with Gasteiger partial charge in [0.05, 0.1) is 17.5 Å². The van der Waals surface area contributed by atoms with Crippen molar-refractivity contribution in [3.8, 4) is 0 Å². The van der Waals surface area contributed by atoms with Crippen LogP contribution < -0.4 is 9.62 Å². The Kier molecular flexibility index (Phi) is 6.33. The second-order valence-electron chi connectivity index (χ2n) is 8.32. The summed E-state index contributed by atoms with van der Waals surface area (Å²) in [6.07, 6.45) is 1.49. The summed E-state index contributed by atoms with van der Waals surface area (Å²) < 4.78 is 26.4. The molecule has 0 saturated carbocycles. The zero-order chi connectivity index (χ0) is 22.7. The van der Waals surface area contributed by atoms with Crippen LogP contribution in [0, 0.1) is 13.8 Å². The molecule has 0 aliphatic carbocycles. The first-order valence-electron chi connectivity index (χ1n) is 10.9. The zero-order valence-electron chi connectivity index (χ0n) is 18.4. The normalized spacial score (nSPS) is 16.4. The minimum atomic E-state index is -3.34. The maximum absolute atomic E-state index is 13.3. The Balaban J connectivity index is 1.66. The summed E-state index contributed by atoms with van der Waals surface area (Å²) in [5, 5.41) is 3.17. The Labute approximate surface area is 190 Å². The summed E-state index contributed by atoms with van der Waals surface area (Å²) in [4.78, 5) is 13.3. The summed E-state index contributed by atoms with van der Waals surface area (Å²) in [7, 11) is -3.34. The van der Waals surface area contributed by atoms with Crippen LogP contribution in [-0.2, 0) is 10.0 Å². The fourth-order valence-corrected chi connectivity index (χ4v) is 5.86. The van der Waals surface area contributed by atoms with Gasteiger partial charge >= 0.3 is 0 Å². The van der Waals surface area contributed by atoms with Gasteiger partial charge in [-0.25, -0.2) is 8.42 Å². The third kappa shape index (κ3) is 4.70. The average Bonchev–Trinajstić information content (AvgIpc) is 2.78. The number of carbonyl (C=O) groups is 1. The molecule has 3 aromatic rings. The van der Waals surface area contributed by atoms with E-state index in [-0.39, 0.29) is 17.7 Å². The molecule has 0 unspecified atom stereocenters. The van der Waals surface area contributed by atoms with Crippen LogP contribution in [-0.4, -0.2) is 26.6 Å². The van der Waals surface area contributed by atoms with Crippen LogP contribution in [0.3, 0.4) is 0 Å². The van der Waals surface area contributed by atoms with Crippen molar-refractivity contribution in [2.24, 2.45) is 0 Å². The van der Waals surface area contributed by atoms with E-state index in [9.17, 15) is 13.2 Å². The highest BCUT2D eigenvalue weighted by molar-refractivity contribution is 7.92. The minimum Gasteiger partial charge on any atom is -0.341 e. The van der Waals surface area contributed by atoms with Gasteiger partial charge in [0, 0.05) is 12.1 Å². The molecular formula is C26H28N2O3S. The Hall–Kier alpha value is -3.12. The van der Waals surface area contributed by atoms with Crippen LogP contribution in [0.4, 0.5) is 5.69 Å². The van der Waals surface area contributed by atoms with Gasteiger partial charge < -0.3 is 5.32 Å². The van der Waals surface area contributed by atoms with Crippen molar-refractivity contribution >= 4 is 21.6 Å². The highest BCUT2D eigenvalue weighted by Crippen LogP contribution is 2.28. The smallest absolute Gasteiger partial charge is 0.252 e. The van der Waals surface area contributed by atoms with Crippen molar-refractivity contribution < 1.29 is 13.2 Å². The molecule has 1 aliphatic rings. The second-order valence-corrected chi connectivity index (χ2v) is 10.3. The van der Waals surface area contributed by atoms with Gasteiger partial charge in [-0.2, -0.15) is 0 Å². The van der Waals surface area contributed by atoms with Gasteiger partial charge in [0.15, 0.2) is 0 Å². The molecule has 32 heavy (non-hydrogen) atoms. The molecule has 6 heteroatoms. The summed E-state index contributed by atoms with van der Waals surface area (Å²) in [6.45, 7) is 4.54. The monoisotopic (exact) mass is 448 g/mol. The lowest BCUT2D eigenvalue weighted by molar-refractivity contribution is 0.0943. The molecule has 0 aromatic heterocycles. The van der Waals surface area contributed by atoms with Crippen LogP contribution in [0.25, 0.3) is 0 Å². The number of amides is 1. The quantitative estimate of drug-likeness (QED) is 0.612. The van der Waals surface area contributed by atoms with Crippen molar-refractivity contribution in [3.05, 3.63) is 101 Å². The molecule has 1 fully saturated rings. The predicted molar refractivity (Wildman–Crippen MR) is 128 cm³/mol. The first kappa shape index (κ1) is 22.1. The van der Waals surface area contributed by atoms with Crippen LogP contribution in [0.15, 0.2) is 72.8 Å². The van der Waals surface area contributed by atoms with E-state index in [2.05, 4.69) is 17.4 Å². The van der Waals surface area contributed by atoms with Gasteiger partial charge in [-0.1, -0.05) is 60.2 Å². The van der Waals surface area contributed by atoms with E-state index in [4.69, 9.17) is 0 Å². The number of carbonyl (C=O) groups excluding carboxylic acids is 1. The molecule has 0 radical (unpaired) electrons. The summed E-state index contributed by atoms with van der Waals surface area (Å²) in [5.74, 6) is -0.0956. The van der Waals surface area contributed by atoms with Crippen molar-refractivity contribution in [1.82, 2.24) is 5.32 Å². The maximum atomic E-state index is 13.3. The van der Waals surface area contributed by atoms with Gasteiger partial charge in [-0.15, -0.1) is 0 Å². The molecule has 0 spiro atoms. The number of anilines is 1. The van der Waals surface area contributed by atoms with Gasteiger partial charge in [0.25, 0.3) is 5.91 Å². The average molecular weight is 449 g/mol. The van der Waals surface area contributed by atoms with E-state index in [0.717, 1.165) is 23.1 Å². The third-order valence-electron chi connectivity index (χ3n) is 5.89. The summed E-state index contributed by atoms with van der Waals surface area (Å²) in [5.41, 5.74) is 5.27.